The molecule has 2 aromatic rings. The van der Waals surface area contributed by atoms with Gasteiger partial charge in [0, 0.05) is 5.69 Å². The van der Waals surface area contributed by atoms with Gasteiger partial charge in [-0.1, -0.05) is 12.1 Å². The van der Waals surface area contributed by atoms with Crippen LogP contribution < -0.4 is 15.8 Å². The topological polar surface area (TPSA) is 79.9 Å². The summed E-state index contributed by atoms with van der Waals surface area (Å²) in [6, 6.07) is 13.0. The first-order valence-corrected chi connectivity index (χ1v) is 7.71. The van der Waals surface area contributed by atoms with Crippen LogP contribution in [0.1, 0.15) is 25.5 Å². The number of hydrogen-bond donors (Lipinski definition) is 3. The second-order valence-electron chi connectivity index (χ2n) is 5.61. The van der Waals surface area contributed by atoms with Gasteiger partial charge in [0.2, 0.25) is 0 Å². The lowest BCUT2D eigenvalue weighted by Gasteiger charge is -2.12. The smallest absolute Gasteiger partial charge is 0.193 e. The van der Waals surface area contributed by atoms with Crippen molar-refractivity contribution in [3.05, 3.63) is 59.9 Å². The number of halogens is 1. The number of nitrogens with zero attached hydrogens (tertiary/aromatic N) is 1. The van der Waals surface area contributed by atoms with Gasteiger partial charge in [-0.15, -0.1) is 0 Å². The molecule has 0 spiro atoms. The number of nitrogens with one attached hydrogen (secondary N) is 1. The van der Waals surface area contributed by atoms with Gasteiger partial charge in [0.1, 0.15) is 11.6 Å². The molecule has 2 aromatic carbocycles. The van der Waals surface area contributed by atoms with E-state index >= 15 is 0 Å². The minimum Gasteiger partial charge on any atom is -0.491 e. The number of hydrogen-bond acceptors (Lipinski definition) is 3. The molecule has 2 rings (SSSR count). The first kappa shape index (κ1) is 17.7. The maximum atomic E-state index is 12.9. The van der Waals surface area contributed by atoms with E-state index in [-0.39, 0.29) is 24.4 Å². The van der Waals surface area contributed by atoms with Crippen LogP contribution in [-0.4, -0.2) is 23.7 Å². The summed E-state index contributed by atoms with van der Waals surface area (Å²) in [7, 11) is 0. The fourth-order valence-electron chi connectivity index (χ4n) is 2.05. The summed E-state index contributed by atoms with van der Waals surface area (Å²) >= 11 is 0. The Kier molecular flexibility index (Phi) is 6.14. The van der Waals surface area contributed by atoms with Crippen LogP contribution in [0, 0.1) is 5.82 Å². The molecular formula is C18H22FN3O2. The molecule has 0 amide bonds. The van der Waals surface area contributed by atoms with Gasteiger partial charge in [-0.05, 0) is 55.8 Å². The summed E-state index contributed by atoms with van der Waals surface area (Å²) in [5.74, 6) is 0.618. The third kappa shape index (κ3) is 5.55. The molecule has 0 heterocycles. The monoisotopic (exact) mass is 331 g/mol. The van der Waals surface area contributed by atoms with Crippen molar-refractivity contribution in [1.29, 1.82) is 0 Å². The highest BCUT2D eigenvalue weighted by molar-refractivity contribution is 5.92. The number of aliphatic hydroxyl groups excluding tert-OH is 1. The molecule has 128 valence electrons. The Morgan fingerprint density at radius 3 is 2.38 bits per heavy atom. The number of benzene rings is 2. The summed E-state index contributed by atoms with van der Waals surface area (Å²) in [5, 5.41) is 13.0. The molecule has 0 radical (unpaired) electrons. The molecule has 1 unspecified atom stereocenters. The highest BCUT2D eigenvalue weighted by atomic mass is 19.1. The van der Waals surface area contributed by atoms with Crippen LogP contribution in [0.3, 0.4) is 0 Å². The molecule has 0 bridgehead atoms. The Morgan fingerprint density at radius 1 is 1.17 bits per heavy atom. The van der Waals surface area contributed by atoms with E-state index in [1.807, 2.05) is 38.1 Å². The van der Waals surface area contributed by atoms with E-state index in [0.717, 1.165) is 11.4 Å². The summed E-state index contributed by atoms with van der Waals surface area (Å²) in [6.07, 6.45) is -0.726. The molecule has 0 saturated heterocycles. The average molecular weight is 331 g/mol. The fraction of sp³-hybridized carbons (Fsp3) is 0.278. The van der Waals surface area contributed by atoms with Crippen LogP contribution >= 0.6 is 0 Å². The van der Waals surface area contributed by atoms with Gasteiger partial charge in [-0.25, -0.2) is 4.39 Å². The molecule has 0 saturated carbocycles. The second-order valence-corrected chi connectivity index (χ2v) is 5.61. The van der Waals surface area contributed by atoms with Gasteiger partial charge >= 0.3 is 0 Å². The molecule has 6 heteroatoms. The van der Waals surface area contributed by atoms with Gasteiger partial charge in [0.25, 0.3) is 0 Å². The summed E-state index contributed by atoms with van der Waals surface area (Å²) < 4.78 is 18.4. The first-order chi connectivity index (χ1) is 11.4. The molecule has 0 fully saturated rings. The maximum absolute atomic E-state index is 12.9. The van der Waals surface area contributed by atoms with Crippen molar-refractivity contribution < 1.29 is 14.2 Å². The van der Waals surface area contributed by atoms with Crippen molar-refractivity contribution in [2.45, 2.75) is 26.1 Å². The van der Waals surface area contributed by atoms with Crippen molar-refractivity contribution in [2.75, 3.05) is 11.9 Å². The van der Waals surface area contributed by atoms with E-state index in [1.54, 1.807) is 0 Å². The van der Waals surface area contributed by atoms with Crippen molar-refractivity contribution in [1.82, 2.24) is 0 Å². The third-order valence-electron chi connectivity index (χ3n) is 3.19. The maximum Gasteiger partial charge on any atom is 0.193 e. The molecule has 5 nitrogen and oxygen atoms in total. The Hall–Kier alpha value is -2.60. The van der Waals surface area contributed by atoms with Crippen molar-refractivity contribution >= 4 is 11.6 Å². The van der Waals surface area contributed by atoms with E-state index in [0.29, 0.717) is 5.56 Å². The van der Waals surface area contributed by atoms with Gasteiger partial charge < -0.3 is 20.9 Å². The van der Waals surface area contributed by atoms with E-state index in [4.69, 9.17) is 10.5 Å². The van der Waals surface area contributed by atoms with Gasteiger partial charge in [-0.2, -0.15) is 0 Å². The summed E-state index contributed by atoms with van der Waals surface area (Å²) in [4.78, 5) is 4.10. The van der Waals surface area contributed by atoms with Gasteiger partial charge in [-0.3, -0.25) is 4.99 Å². The van der Waals surface area contributed by atoms with E-state index in [2.05, 4.69) is 10.3 Å². The first-order valence-electron chi connectivity index (χ1n) is 7.71. The van der Waals surface area contributed by atoms with Crippen LogP contribution in [0.15, 0.2) is 53.5 Å². The Balaban J connectivity index is 1.90. The Morgan fingerprint density at radius 2 is 1.79 bits per heavy atom. The molecule has 0 aliphatic rings. The Bertz CT molecular complexity index is 670. The normalized spacial score (nSPS) is 13.0. The standard InChI is InChI=1S/C18H22FN3O2/c1-12(2)24-16-9-7-15(8-10-16)22-18(20)21-11-17(23)13-3-5-14(19)6-4-13/h3-10,12,17,23H,11H2,1-2H3,(H3,20,21,22). The second kappa shape index (κ2) is 8.31. The van der Waals surface area contributed by atoms with Crippen molar-refractivity contribution in [2.24, 2.45) is 10.7 Å². The highest BCUT2D eigenvalue weighted by Crippen LogP contribution is 2.17. The lowest BCUT2D eigenvalue weighted by Crippen LogP contribution is -2.23. The predicted molar refractivity (Wildman–Crippen MR) is 93.7 cm³/mol. The lowest BCUT2D eigenvalue weighted by molar-refractivity contribution is 0.187. The largest absolute Gasteiger partial charge is 0.491 e. The number of ether oxygens (including phenoxy) is 1. The number of aliphatic imine (C=N–C) groups is 1. The minimum atomic E-state index is -0.840. The minimum absolute atomic E-state index is 0.0824. The zero-order valence-electron chi connectivity index (χ0n) is 13.7. The van der Waals surface area contributed by atoms with Crippen molar-refractivity contribution in [3.8, 4) is 5.75 Å². The third-order valence-corrected chi connectivity index (χ3v) is 3.19. The summed E-state index contributed by atoms with van der Waals surface area (Å²) in [6.45, 7) is 4.01. The number of aliphatic hydroxyl groups is 1. The quantitative estimate of drug-likeness (QED) is 0.561. The molecule has 0 aliphatic carbocycles. The lowest BCUT2D eigenvalue weighted by atomic mass is 10.1. The van der Waals surface area contributed by atoms with Crippen molar-refractivity contribution in [3.63, 3.8) is 0 Å². The van der Waals surface area contributed by atoms with Crippen LogP contribution in [0.5, 0.6) is 5.75 Å². The van der Waals surface area contributed by atoms with Crippen LogP contribution in [0.2, 0.25) is 0 Å². The van der Waals surface area contributed by atoms with E-state index < -0.39 is 6.10 Å². The van der Waals surface area contributed by atoms with Crippen LogP contribution in [-0.2, 0) is 0 Å². The Labute approximate surface area is 141 Å². The van der Waals surface area contributed by atoms with E-state index in [1.165, 1.54) is 24.3 Å². The summed E-state index contributed by atoms with van der Waals surface area (Å²) in [5.41, 5.74) is 7.17. The molecule has 0 aromatic heterocycles. The van der Waals surface area contributed by atoms with Crippen LogP contribution in [0.4, 0.5) is 10.1 Å². The number of rotatable bonds is 6. The molecule has 1 atom stereocenters. The molecular weight excluding hydrogens is 309 g/mol. The highest BCUT2D eigenvalue weighted by Gasteiger charge is 2.07. The number of anilines is 1. The van der Waals surface area contributed by atoms with Gasteiger partial charge in [0.15, 0.2) is 5.96 Å². The zero-order valence-corrected chi connectivity index (χ0v) is 13.7. The predicted octanol–water partition coefficient (Wildman–Crippen LogP) is 3.07. The zero-order chi connectivity index (χ0) is 17.5. The number of guanidine groups is 1. The van der Waals surface area contributed by atoms with E-state index in [9.17, 15) is 9.50 Å². The number of nitrogens with two attached hydrogens (primary N) is 1. The molecule has 4 N–H and O–H groups in total. The average Bonchev–Trinajstić information content (AvgIpc) is 2.54. The van der Waals surface area contributed by atoms with Crippen LogP contribution in [0.25, 0.3) is 0 Å². The SMILES string of the molecule is CC(C)Oc1ccc(NC(N)=NCC(O)c2ccc(F)cc2)cc1. The molecule has 24 heavy (non-hydrogen) atoms. The molecule has 0 aliphatic heterocycles. The fourth-order valence-corrected chi connectivity index (χ4v) is 2.05. The van der Waals surface area contributed by atoms with Gasteiger partial charge in [0.05, 0.1) is 18.8 Å².